The molecule has 2 aliphatic rings. The number of hydrogen-bond donors (Lipinski definition) is 1. The van der Waals surface area contributed by atoms with Gasteiger partial charge in [-0.15, -0.1) is 0 Å². The minimum Gasteiger partial charge on any atom is -0.479 e. The van der Waals surface area contributed by atoms with Crippen molar-refractivity contribution in [3.05, 3.63) is 0 Å². The highest BCUT2D eigenvalue weighted by Crippen LogP contribution is 2.35. The Morgan fingerprint density at radius 1 is 1.00 bits per heavy atom. The quantitative estimate of drug-likeness (QED) is 0.870. The van der Waals surface area contributed by atoms with E-state index in [1.54, 1.807) is 4.90 Å². The highest BCUT2D eigenvalue weighted by atomic mass is 16.4. The predicted molar refractivity (Wildman–Crippen MR) is 81.3 cm³/mol. The summed E-state index contributed by atoms with van der Waals surface area (Å²) in [5.41, 5.74) is -0.964. The molecule has 21 heavy (non-hydrogen) atoms. The van der Waals surface area contributed by atoms with Crippen LogP contribution in [-0.4, -0.2) is 52.1 Å². The molecule has 0 aromatic rings. The zero-order chi connectivity index (χ0) is 15.3. The highest BCUT2D eigenvalue weighted by Gasteiger charge is 2.50. The Balaban J connectivity index is 2.13. The largest absolute Gasteiger partial charge is 0.479 e. The second kappa shape index (κ2) is 7.14. The molecule has 120 valence electrons. The van der Waals surface area contributed by atoms with Crippen LogP contribution in [0, 0.1) is 0 Å². The fourth-order valence-corrected chi connectivity index (χ4v) is 3.77. The Bertz CT molecular complexity index is 378. The number of likely N-dealkylation sites (tertiary alicyclic amines) is 2. The summed E-state index contributed by atoms with van der Waals surface area (Å²) in [6.45, 7) is 4.12. The molecule has 2 fully saturated rings. The minimum atomic E-state index is -0.964. The van der Waals surface area contributed by atoms with Crippen LogP contribution in [0.25, 0.3) is 0 Å². The van der Waals surface area contributed by atoms with E-state index in [1.165, 1.54) is 19.3 Å². The normalized spacial score (nSPS) is 27.3. The van der Waals surface area contributed by atoms with Crippen molar-refractivity contribution in [2.24, 2.45) is 0 Å². The second-order valence-corrected chi connectivity index (χ2v) is 6.38. The second-order valence-electron chi connectivity index (χ2n) is 6.38. The van der Waals surface area contributed by atoms with Gasteiger partial charge < -0.3 is 14.9 Å². The zero-order valence-corrected chi connectivity index (χ0v) is 13.1. The first-order valence-corrected chi connectivity index (χ1v) is 8.42. The number of carboxylic acid groups (broad SMARTS) is 1. The molecule has 0 aromatic heterocycles. The molecule has 1 unspecified atom stereocenters. The van der Waals surface area contributed by atoms with Gasteiger partial charge in [-0.2, -0.15) is 0 Å². The van der Waals surface area contributed by atoms with E-state index < -0.39 is 11.5 Å². The van der Waals surface area contributed by atoms with Crippen molar-refractivity contribution < 1.29 is 14.7 Å². The summed E-state index contributed by atoms with van der Waals surface area (Å²) in [6, 6.07) is -0.0507. The number of aliphatic carboxylic acids is 1. The Hall–Kier alpha value is -1.26. The van der Waals surface area contributed by atoms with E-state index in [2.05, 4.69) is 0 Å². The number of carbonyl (C=O) groups is 2. The topological polar surface area (TPSA) is 60.9 Å². The van der Waals surface area contributed by atoms with Gasteiger partial charge in [-0.25, -0.2) is 9.59 Å². The average molecular weight is 296 g/mol. The Morgan fingerprint density at radius 2 is 1.62 bits per heavy atom. The molecule has 0 bridgehead atoms. The molecular formula is C16H28N2O3. The molecule has 0 aromatic carbocycles. The molecule has 2 amide bonds. The van der Waals surface area contributed by atoms with Crippen LogP contribution < -0.4 is 0 Å². The van der Waals surface area contributed by atoms with Crippen molar-refractivity contribution in [2.75, 3.05) is 19.6 Å². The first-order valence-electron chi connectivity index (χ1n) is 8.42. The van der Waals surface area contributed by atoms with Crippen LogP contribution in [0.15, 0.2) is 0 Å². The maximum absolute atomic E-state index is 12.8. The third-order valence-electron chi connectivity index (χ3n) is 4.91. The van der Waals surface area contributed by atoms with Crippen LogP contribution in [0.4, 0.5) is 4.79 Å². The maximum Gasteiger partial charge on any atom is 0.329 e. The van der Waals surface area contributed by atoms with Crippen molar-refractivity contribution >= 4 is 12.0 Å². The maximum atomic E-state index is 12.8. The lowest BCUT2D eigenvalue weighted by atomic mass is 9.91. The summed E-state index contributed by atoms with van der Waals surface area (Å²) in [4.78, 5) is 28.2. The highest BCUT2D eigenvalue weighted by molar-refractivity contribution is 5.87. The van der Waals surface area contributed by atoms with Gasteiger partial charge in [-0.3, -0.25) is 0 Å². The smallest absolute Gasteiger partial charge is 0.329 e. The van der Waals surface area contributed by atoms with Crippen LogP contribution >= 0.6 is 0 Å². The Labute approximate surface area is 127 Å². The molecule has 5 nitrogen and oxygen atoms in total. The molecular weight excluding hydrogens is 268 g/mol. The molecule has 0 radical (unpaired) electrons. The van der Waals surface area contributed by atoms with Gasteiger partial charge in [-0.1, -0.05) is 32.6 Å². The Morgan fingerprint density at radius 3 is 2.19 bits per heavy atom. The molecule has 1 N–H and O–H groups in total. The van der Waals surface area contributed by atoms with Gasteiger partial charge in [0.2, 0.25) is 0 Å². The van der Waals surface area contributed by atoms with Gasteiger partial charge in [0, 0.05) is 19.6 Å². The van der Waals surface area contributed by atoms with E-state index in [1.807, 2.05) is 11.8 Å². The van der Waals surface area contributed by atoms with Crippen LogP contribution in [0.2, 0.25) is 0 Å². The van der Waals surface area contributed by atoms with Crippen LogP contribution in [0.5, 0.6) is 0 Å². The third-order valence-corrected chi connectivity index (χ3v) is 4.91. The van der Waals surface area contributed by atoms with Crippen LogP contribution in [-0.2, 0) is 4.79 Å². The minimum absolute atomic E-state index is 0.0507. The number of rotatable bonds is 3. The number of hydrogen-bond acceptors (Lipinski definition) is 2. The fourth-order valence-electron chi connectivity index (χ4n) is 3.77. The fraction of sp³-hybridized carbons (Fsp3) is 0.875. The first-order chi connectivity index (χ1) is 10.1. The Kier molecular flexibility index (Phi) is 5.48. The van der Waals surface area contributed by atoms with E-state index >= 15 is 0 Å². The first kappa shape index (κ1) is 16.1. The number of urea groups is 1. The van der Waals surface area contributed by atoms with E-state index in [9.17, 15) is 14.7 Å². The van der Waals surface area contributed by atoms with Crippen LogP contribution in [0.3, 0.4) is 0 Å². The van der Waals surface area contributed by atoms with Gasteiger partial charge in [0.25, 0.3) is 0 Å². The number of carboxylic acids is 1. The van der Waals surface area contributed by atoms with Crippen molar-refractivity contribution in [3.8, 4) is 0 Å². The molecule has 2 aliphatic heterocycles. The summed E-state index contributed by atoms with van der Waals surface area (Å²) in [6.07, 6.45) is 8.40. The summed E-state index contributed by atoms with van der Waals surface area (Å²) in [5.74, 6) is -0.831. The molecule has 5 heteroatoms. The van der Waals surface area contributed by atoms with Gasteiger partial charge >= 0.3 is 12.0 Å². The number of nitrogens with zero attached hydrogens (tertiary/aromatic N) is 2. The molecule has 0 spiro atoms. The number of carbonyl (C=O) groups excluding carboxylic acids is 1. The molecule has 1 atom stereocenters. The number of amides is 2. The predicted octanol–water partition coefficient (Wildman–Crippen LogP) is 3.09. The lowest BCUT2D eigenvalue weighted by Crippen LogP contribution is -2.57. The monoisotopic (exact) mass is 296 g/mol. The van der Waals surface area contributed by atoms with E-state index in [4.69, 9.17) is 0 Å². The van der Waals surface area contributed by atoms with Gasteiger partial charge in [0.15, 0.2) is 0 Å². The molecule has 2 saturated heterocycles. The summed E-state index contributed by atoms with van der Waals surface area (Å²) < 4.78 is 0. The molecule has 2 rings (SSSR count). The molecule has 0 aliphatic carbocycles. The van der Waals surface area contributed by atoms with E-state index in [0.29, 0.717) is 19.4 Å². The van der Waals surface area contributed by atoms with Gasteiger partial charge in [0.05, 0.1) is 0 Å². The standard InChI is InChI=1S/C16H28N2O3/c1-2-9-16(14(19)20)10-8-13-18(16)15(21)17-11-6-4-3-5-7-12-17/h2-13H2,1H3,(H,19,20). The van der Waals surface area contributed by atoms with Crippen molar-refractivity contribution in [3.63, 3.8) is 0 Å². The summed E-state index contributed by atoms with van der Waals surface area (Å²) >= 11 is 0. The summed E-state index contributed by atoms with van der Waals surface area (Å²) in [7, 11) is 0. The lowest BCUT2D eigenvalue weighted by Gasteiger charge is -2.38. The lowest BCUT2D eigenvalue weighted by molar-refractivity contribution is -0.148. The summed E-state index contributed by atoms with van der Waals surface area (Å²) in [5, 5.41) is 9.70. The van der Waals surface area contributed by atoms with Crippen LogP contribution in [0.1, 0.15) is 64.7 Å². The SMILES string of the molecule is CCCC1(C(=O)O)CCCN1C(=O)N1CCCCCCC1. The average Bonchev–Trinajstić information content (AvgIpc) is 2.83. The zero-order valence-electron chi connectivity index (χ0n) is 13.1. The van der Waals surface area contributed by atoms with Crippen molar-refractivity contribution in [1.29, 1.82) is 0 Å². The van der Waals surface area contributed by atoms with Gasteiger partial charge in [0.1, 0.15) is 5.54 Å². The molecule has 0 saturated carbocycles. The van der Waals surface area contributed by atoms with Crippen molar-refractivity contribution in [2.45, 2.75) is 70.3 Å². The van der Waals surface area contributed by atoms with E-state index in [-0.39, 0.29) is 6.03 Å². The molecule has 2 heterocycles. The van der Waals surface area contributed by atoms with E-state index in [0.717, 1.165) is 38.8 Å². The third kappa shape index (κ3) is 3.33. The van der Waals surface area contributed by atoms with Gasteiger partial charge in [-0.05, 0) is 32.1 Å². The van der Waals surface area contributed by atoms with Crippen molar-refractivity contribution in [1.82, 2.24) is 9.80 Å².